The second-order valence-electron chi connectivity index (χ2n) is 4.83. The van der Waals surface area contributed by atoms with Gasteiger partial charge in [0, 0.05) is 0 Å². The topological polar surface area (TPSA) is 12.5 Å². The van der Waals surface area contributed by atoms with Crippen molar-refractivity contribution in [1.29, 1.82) is 0 Å². The summed E-state index contributed by atoms with van der Waals surface area (Å²) in [5.74, 6) is 0.774. The van der Waals surface area contributed by atoms with Crippen LogP contribution in [-0.2, 0) is 4.74 Å². The summed E-state index contributed by atoms with van der Waals surface area (Å²) in [4.78, 5) is 0. The van der Waals surface area contributed by atoms with Gasteiger partial charge in [-0.1, -0.05) is 36.8 Å². The van der Waals surface area contributed by atoms with E-state index in [0.717, 1.165) is 5.92 Å². The minimum absolute atomic E-state index is 0.608. The monoisotopic (exact) mass is 202 g/mol. The molecule has 3 atom stereocenters. The summed E-state index contributed by atoms with van der Waals surface area (Å²) in [7, 11) is 0. The van der Waals surface area contributed by atoms with E-state index in [1.54, 1.807) is 0 Å². The Balaban J connectivity index is 1.69. The Morgan fingerprint density at radius 3 is 2.53 bits per heavy atom. The SMILES string of the molecule is c1ccc(C2CCCC3OC3CC2)cc1. The van der Waals surface area contributed by atoms with Crippen molar-refractivity contribution in [3.05, 3.63) is 35.9 Å². The molecule has 0 spiro atoms. The van der Waals surface area contributed by atoms with Gasteiger partial charge in [0.05, 0.1) is 12.2 Å². The van der Waals surface area contributed by atoms with Gasteiger partial charge < -0.3 is 4.74 Å². The summed E-state index contributed by atoms with van der Waals surface area (Å²) in [6, 6.07) is 11.0. The summed E-state index contributed by atoms with van der Waals surface area (Å²) >= 11 is 0. The smallest absolute Gasteiger partial charge is 0.0842 e. The molecule has 1 aliphatic heterocycles. The van der Waals surface area contributed by atoms with E-state index in [1.165, 1.54) is 37.7 Å². The minimum Gasteiger partial charge on any atom is -0.370 e. The molecule has 1 nitrogen and oxygen atoms in total. The maximum atomic E-state index is 5.62. The van der Waals surface area contributed by atoms with Gasteiger partial charge in [-0.15, -0.1) is 0 Å². The third-order valence-electron chi connectivity index (χ3n) is 3.80. The quantitative estimate of drug-likeness (QED) is 0.635. The predicted molar refractivity (Wildman–Crippen MR) is 60.9 cm³/mol. The first-order valence-electron chi connectivity index (χ1n) is 6.14. The molecular formula is C14H18O. The van der Waals surface area contributed by atoms with Crippen LogP contribution in [-0.4, -0.2) is 12.2 Å². The fraction of sp³-hybridized carbons (Fsp3) is 0.571. The number of fused-ring (bicyclic) bond motifs is 1. The van der Waals surface area contributed by atoms with Gasteiger partial charge in [0.2, 0.25) is 0 Å². The van der Waals surface area contributed by atoms with Gasteiger partial charge >= 0.3 is 0 Å². The van der Waals surface area contributed by atoms with Crippen LogP contribution in [0.25, 0.3) is 0 Å². The molecule has 0 N–H and O–H groups in total. The van der Waals surface area contributed by atoms with Crippen LogP contribution in [0.2, 0.25) is 0 Å². The van der Waals surface area contributed by atoms with E-state index in [-0.39, 0.29) is 0 Å². The fourth-order valence-electron chi connectivity index (χ4n) is 2.82. The van der Waals surface area contributed by atoms with Crippen LogP contribution in [0.4, 0.5) is 0 Å². The van der Waals surface area contributed by atoms with Gasteiger partial charge in [-0.25, -0.2) is 0 Å². The molecule has 0 amide bonds. The Labute approximate surface area is 91.5 Å². The number of epoxide rings is 1. The third-order valence-corrected chi connectivity index (χ3v) is 3.80. The van der Waals surface area contributed by atoms with Crippen molar-refractivity contribution in [2.75, 3.05) is 0 Å². The molecule has 0 radical (unpaired) electrons. The van der Waals surface area contributed by atoms with Crippen LogP contribution in [0.1, 0.15) is 43.6 Å². The summed E-state index contributed by atoms with van der Waals surface area (Å²) in [5.41, 5.74) is 1.52. The second kappa shape index (κ2) is 3.97. The highest BCUT2D eigenvalue weighted by molar-refractivity contribution is 5.19. The highest BCUT2D eigenvalue weighted by Gasteiger charge is 2.39. The molecule has 15 heavy (non-hydrogen) atoms. The lowest BCUT2D eigenvalue weighted by Crippen LogP contribution is -2.06. The average Bonchev–Trinajstić information content (AvgIpc) is 2.97. The number of rotatable bonds is 1. The van der Waals surface area contributed by atoms with E-state index in [1.807, 2.05) is 0 Å². The highest BCUT2D eigenvalue weighted by Crippen LogP contribution is 2.39. The molecule has 3 rings (SSSR count). The molecule has 0 aromatic heterocycles. The van der Waals surface area contributed by atoms with E-state index in [4.69, 9.17) is 4.74 Å². The molecule has 1 heterocycles. The Kier molecular flexibility index (Phi) is 2.49. The van der Waals surface area contributed by atoms with Crippen molar-refractivity contribution in [1.82, 2.24) is 0 Å². The molecule has 1 aliphatic carbocycles. The molecule has 0 bridgehead atoms. The summed E-state index contributed by atoms with van der Waals surface area (Å²) in [6.45, 7) is 0. The molecule has 80 valence electrons. The van der Waals surface area contributed by atoms with Crippen LogP contribution < -0.4 is 0 Å². The van der Waals surface area contributed by atoms with E-state index in [9.17, 15) is 0 Å². The minimum atomic E-state index is 0.608. The van der Waals surface area contributed by atoms with Crippen molar-refractivity contribution in [3.63, 3.8) is 0 Å². The molecule has 1 heteroatoms. The Morgan fingerprint density at radius 2 is 1.67 bits per heavy atom. The van der Waals surface area contributed by atoms with Crippen LogP contribution in [0, 0.1) is 0 Å². The zero-order chi connectivity index (χ0) is 10.1. The Hall–Kier alpha value is -0.820. The van der Waals surface area contributed by atoms with E-state index in [2.05, 4.69) is 30.3 Å². The standard InChI is InChI=1S/C14H18O/c1-2-5-11(6-3-1)12-7-4-8-13-14(15-13)10-9-12/h1-3,5-6,12-14H,4,7-10H2. The molecule has 1 aromatic rings. The zero-order valence-electron chi connectivity index (χ0n) is 9.06. The lowest BCUT2D eigenvalue weighted by atomic mass is 9.86. The van der Waals surface area contributed by atoms with Crippen molar-refractivity contribution in [2.24, 2.45) is 0 Å². The molecule has 1 saturated carbocycles. The van der Waals surface area contributed by atoms with Crippen LogP contribution in [0.15, 0.2) is 30.3 Å². The lowest BCUT2D eigenvalue weighted by Gasteiger charge is -2.18. The largest absolute Gasteiger partial charge is 0.370 e. The van der Waals surface area contributed by atoms with Crippen molar-refractivity contribution >= 4 is 0 Å². The number of ether oxygens (including phenoxy) is 1. The molecule has 2 aliphatic rings. The maximum Gasteiger partial charge on any atom is 0.0842 e. The summed E-state index contributed by atoms with van der Waals surface area (Å²) in [6.07, 6.45) is 7.78. The fourth-order valence-corrected chi connectivity index (χ4v) is 2.82. The van der Waals surface area contributed by atoms with E-state index >= 15 is 0 Å². The van der Waals surface area contributed by atoms with Gasteiger partial charge in [-0.3, -0.25) is 0 Å². The van der Waals surface area contributed by atoms with Gasteiger partial charge in [-0.05, 0) is 37.2 Å². The molecule has 3 unspecified atom stereocenters. The van der Waals surface area contributed by atoms with E-state index < -0.39 is 0 Å². The van der Waals surface area contributed by atoms with Crippen LogP contribution in [0.3, 0.4) is 0 Å². The zero-order valence-corrected chi connectivity index (χ0v) is 9.06. The number of hydrogen-bond acceptors (Lipinski definition) is 1. The second-order valence-corrected chi connectivity index (χ2v) is 4.83. The Bertz CT molecular complexity index is 319. The molecule has 1 saturated heterocycles. The summed E-state index contributed by atoms with van der Waals surface area (Å²) < 4.78 is 5.62. The van der Waals surface area contributed by atoms with Crippen molar-refractivity contribution < 1.29 is 4.74 Å². The van der Waals surface area contributed by atoms with Gasteiger partial charge in [0.25, 0.3) is 0 Å². The molecular weight excluding hydrogens is 184 g/mol. The van der Waals surface area contributed by atoms with Gasteiger partial charge in [0.1, 0.15) is 0 Å². The number of benzene rings is 1. The van der Waals surface area contributed by atoms with E-state index in [0.29, 0.717) is 12.2 Å². The first-order valence-corrected chi connectivity index (χ1v) is 6.14. The van der Waals surface area contributed by atoms with Crippen molar-refractivity contribution in [2.45, 2.75) is 50.2 Å². The summed E-state index contributed by atoms with van der Waals surface area (Å²) in [5, 5.41) is 0. The van der Waals surface area contributed by atoms with Gasteiger partial charge in [-0.2, -0.15) is 0 Å². The third kappa shape index (κ3) is 2.07. The maximum absolute atomic E-state index is 5.62. The molecule has 1 aromatic carbocycles. The highest BCUT2D eigenvalue weighted by atomic mass is 16.6. The van der Waals surface area contributed by atoms with Gasteiger partial charge in [0.15, 0.2) is 0 Å². The average molecular weight is 202 g/mol. The Morgan fingerprint density at radius 1 is 0.867 bits per heavy atom. The first kappa shape index (κ1) is 9.41. The normalized spacial score (nSPS) is 35.1. The predicted octanol–water partition coefficient (Wildman–Crippen LogP) is 3.50. The molecule has 2 fully saturated rings. The first-order chi connectivity index (χ1) is 7.43. The van der Waals surface area contributed by atoms with Crippen molar-refractivity contribution in [3.8, 4) is 0 Å². The van der Waals surface area contributed by atoms with Crippen LogP contribution >= 0.6 is 0 Å². The van der Waals surface area contributed by atoms with Crippen LogP contribution in [0.5, 0.6) is 0 Å². The lowest BCUT2D eigenvalue weighted by molar-refractivity contribution is 0.357. The number of hydrogen-bond donors (Lipinski definition) is 0.